The predicted molar refractivity (Wildman–Crippen MR) is 120 cm³/mol. The molecule has 0 spiro atoms. The molecule has 0 aromatic carbocycles. The van der Waals surface area contributed by atoms with Gasteiger partial charge in [-0.05, 0) is 20.8 Å². The van der Waals surface area contributed by atoms with Gasteiger partial charge in [-0.1, -0.05) is 18.2 Å². The van der Waals surface area contributed by atoms with E-state index in [0.717, 1.165) is 20.8 Å². The van der Waals surface area contributed by atoms with Crippen LogP contribution in [0.1, 0.15) is 38.9 Å². The van der Waals surface area contributed by atoms with Crippen molar-refractivity contribution in [3.63, 3.8) is 0 Å². The number of aromatic nitrogens is 3. The first-order valence-electron chi connectivity index (χ1n) is 10.4. The Morgan fingerprint density at radius 3 is 1.03 bits per heavy atom. The Labute approximate surface area is 204 Å². The van der Waals surface area contributed by atoms with Gasteiger partial charge in [0.05, 0.1) is 0 Å². The molecule has 0 saturated carbocycles. The lowest BCUT2D eigenvalue weighted by molar-refractivity contribution is -0.269. The fourth-order valence-electron chi connectivity index (χ4n) is 2.53. The molecule has 36 heavy (non-hydrogen) atoms. The highest BCUT2D eigenvalue weighted by Crippen LogP contribution is 2.09. The van der Waals surface area contributed by atoms with Crippen molar-refractivity contribution >= 4 is 17.9 Å². The summed E-state index contributed by atoms with van der Waals surface area (Å²) in [5, 5.41) is 0. The normalized spacial score (nSPS) is 13.1. The first kappa shape index (κ1) is 30.0. The van der Waals surface area contributed by atoms with Crippen LogP contribution in [0.4, 0.5) is 0 Å². The molecule has 198 valence electrons. The fourth-order valence-corrected chi connectivity index (χ4v) is 2.53. The average Bonchev–Trinajstić information content (AvgIpc) is 2.83. The van der Waals surface area contributed by atoms with Crippen LogP contribution in [0.3, 0.4) is 0 Å². The van der Waals surface area contributed by atoms with Crippen molar-refractivity contribution in [2.75, 3.05) is 19.8 Å². The standard InChI is InChI=1S/C21H27N3O12/c1-7-10-31-34-16(25)13(4)22-19(28)23(14(5)17(26)35-32-11-8-2)21(30)24(20(22)29)15(6)18(27)36-33-12-9-3/h7-9,13-15H,1-3,10-12H2,4-6H3. The van der Waals surface area contributed by atoms with Crippen molar-refractivity contribution in [1.82, 2.24) is 13.7 Å². The Balaban J connectivity index is 3.70. The summed E-state index contributed by atoms with van der Waals surface area (Å²) >= 11 is 0. The smallest absolute Gasteiger partial charge is 0.296 e. The van der Waals surface area contributed by atoms with E-state index < -0.39 is 53.1 Å². The lowest BCUT2D eigenvalue weighted by atomic mass is 10.3. The Morgan fingerprint density at radius 2 is 0.833 bits per heavy atom. The van der Waals surface area contributed by atoms with E-state index in [2.05, 4.69) is 49.1 Å². The summed E-state index contributed by atoms with van der Waals surface area (Å²) in [6, 6.07) is -5.02. The van der Waals surface area contributed by atoms with Crippen molar-refractivity contribution in [3.05, 3.63) is 69.4 Å². The lowest BCUT2D eigenvalue weighted by Gasteiger charge is -2.21. The summed E-state index contributed by atoms with van der Waals surface area (Å²) in [6.07, 6.45) is 3.79. The zero-order valence-corrected chi connectivity index (χ0v) is 19.9. The van der Waals surface area contributed by atoms with Crippen LogP contribution in [-0.2, 0) is 43.7 Å². The molecule has 0 N–H and O–H groups in total. The zero-order valence-electron chi connectivity index (χ0n) is 19.9. The number of carbonyl (C=O) groups excluding carboxylic acids is 3. The number of rotatable bonds is 15. The van der Waals surface area contributed by atoms with Gasteiger partial charge in [0, 0.05) is 0 Å². The lowest BCUT2D eigenvalue weighted by Crippen LogP contribution is -2.58. The molecule has 0 aliphatic rings. The third-order valence-corrected chi connectivity index (χ3v) is 4.40. The Bertz CT molecular complexity index is 989. The molecule has 1 aromatic heterocycles. The van der Waals surface area contributed by atoms with E-state index in [1.54, 1.807) is 0 Å². The molecule has 1 heterocycles. The summed E-state index contributed by atoms with van der Waals surface area (Å²) in [7, 11) is 0. The highest BCUT2D eigenvalue weighted by molar-refractivity contribution is 5.74. The number of carbonyl (C=O) groups is 3. The van der Waals surface area contributed by atoms with Gasteiger partial charge in [0.15, 0.2) is 0 Å². The van der Waals surface area contributed by atoms with Gasteiger partial charge in [0.1, 0.15) is 37.9 Å². The van der Waals surface area contributed by atoms with Gasteiger partial charge in [-0.2, -0.15) is 14.7 Å². The van der Waals surface area contributed by atoms with Crippen LogP contribution in [0.2, 0.25) is 0 Å². The first-order chi connectivity index (χ1) is 17.0. The molecule has 1 aromatic rings. The molecule has 3 atom stereocenters. The first-order valence-corrected chi connectivity index (χ1v) is 10.4. The minimum Gasteiger partial charge on any atom is -0.296 e. The second-order valence-electron chi connectivity index (χ2n) is 6.91. The van der Waals surface area contributed by atoms with Gasteiger partial charge in [0.25, 0.3) is 0 Å². The Morgan fingerprint density at radius 1 is 0.611 bits per heavy atom. The van der Waals surface area contributed by atoms with Crippen LogP contribution < -0.4 is 17.1 Å². The molecule has 3 unspecified atom stereocenters. The summed E-state index contributed by atoms with van der Waals surface area (Å²) in [6.45, 7) is 12.8. The highest BCUT2D eigenvalue weighted by atomic mass is 17.2. The molecule has 1 rings (SSSR count). The molecule has 0 radical (unpaired) electrons. The number of hydrogen-bond acceptors (Lipinski definition) is 12. The van der Waals surface area contributed by atoms with Crippen LogP contribution in [0.15, 0.2) is 52.3 Å². The third kappa shape index (κ3) is 7.21. The summed E-state index contributed by atoms with van der Waals surface area (Å²) in [5.41, 5.74) is -4.15. The van der Waals surface area contributed by atoms with E-state index in [4.69, 9.17) is 0 Å². The van der Waals surface area contributed by atoms with Crippen LogP contribution in [0.5, 0.6) is 0 Å². The topological polar surface area (TPSA) is 173 Å². The number of nitrogens with zero attached hydrogens (tertiary/aromatic N) is 3. The fraction of sp³-hybridized carbons (Fsp3) is 0.429. The molecule has 15 nitrogen and oxygen atoms in total. The maximum Gasteiger partial charge on any atom is 0.364 e. The Kier molecular flexibility index (Phi) is 11.9. The van der Waals surface area contributed by atoms with Crippen molar-refractivity contribution in [3.8, 4) is 0 Å². The van der Waals surface area contributed by atoms with Gasteiger partial charge in [-0.3, -0.25) is 14.7 Å². The van der Waals surface area contributed by atoms with Crippen molar-refractivity contribution < 1.29 is 43.7 Å². The second kappa shape index (κ2) is 14.3. The van der Waals surface area contributed by atoms with Gasteiger partial charge < -0.3 is 0 Å². The molecular formula is C21H27N3O12. The van der Waals surface area contributed by atoms with Gasteiger partial charge >= 0.3 is 35.0 Å². The van der Waals surface area contributed by atoms with Crippen LogP contribution in [0.25, 0.3) is 0 Å². The maximum absolute atomic E-state index is 13.1. The average molecular weight is 513 g/mol. The zero-order chi connectivity index (χ0) is 27.4. The monoisotopic (exact) mass is 513 g/mol. The molecule has 15 heteroatoms. The molecule has 0 fully saturated rings. The van der Waals surface area contributed by atoms with E-state index >= 15 is 0 Å². The van der Waals surface area contributed by atoms with Gasteiger partial charge in [0.2, 0.25) is 0 Å². The Hall–Kier alpha value is -4.08. The third-order valence-electron chi connectivity index (χ3n) is 4.40. The van der Waals surface area contributed by atoms with E-state index in [1.807, 2.05) is 0 Å². The minimum atomic E-state index is -1.67. The summed E-state index contributed by atoms with van der Waals surface area (Å²) in [4.78, 5) is 104. The van der Waals surface area contributed by atoms with Crippen molar-refractivity contribution in [2.45, 2.75) is 38.9 Å². The van der Waals surface area contributed by atoms with E-state index in [9.17, 15) is 28.8 Å². The van der Waals surface area contributed by atoms with Crippen LogP contribution >= 0.6 is 0 Å². The molecule has 0 amide bonds. The van der Waals surface area contributed by atoms with Crippen LogP contribution in [-0.4, -0.2) is 51.4 Å². The van der Waals surface area contributed by atoms with E-state index in [1.165, 1.54) is 18.2 Å². The quantitative estimate of drug-likeness (QED) is 0.131. The van der Waals surface area contributed by atoms with E-state index in [0.29, 0.717) is 13.7 Å². The SMILES string of the molecule is C=CCOOC(=O)C(C)n1c(=O)n(C(C)C(=O)OOCC=C)c(=O)n(C(C)C(=O)OOCC=C)c1=O. The molecular weight excluding hydrogens is 486 g/mol. The largest absolute Gasteiger partial charge is 0.364 e. The summed E-state index contributed by atoms with van der Waals surface area (Å²) in [5.74, 6) is -3.62. The van der Waals surface area contributed by atoms with Gasteiger partial charge in [-0.15, -0.1) is 19.7 Å². The summed E-state index contributed by atoms with van der Waals surface area (Å²) < 4.78 is 0.886. The molecule has 0 bridgehead atoms. The predicted octanol–water partition coefficient (Wildman–Crippen LogP) is -0.163. The minimum absolute atomic E-state index is 0.196. The van der Waals surface area contributed by atoms with Gasteiger partial charge in [-0.25, -0.2) is 42.5 Å². The van der Waals surface area contributed by atoms with Crippen molar-refractivity contribution in [2.24, 2.45) is 0 Å². The second-order valence-corrected chi connectivity index (χ2v) is 6.91. The molecule has 0 saturated heterocycles. The van der Waals surface area contributed by atoms with E-state index in [-0.39, 0.29) is 19.8 Å². The molecule has 0 aliphatic carbocycles. The number of hydrogen-bond donors (Lipinski definition) is 0. The highest BCUT2D eigenvalue weighted by Gasteiger charge is 2.33. The molecule has 0 aliphatic heterocycles. The maximum atomic E-state index is 13.1. The van der Waals surface area contributed by atoms with Crippen LogP contribution in [0, 0.1) is 0 Å². The van der Waals surface area contributed by atoms with Crippen molar-refractivity contribution in [1.29, 1.82) is 0 Å².